The van der Waals surface area contributed by atoms with Gasteiger partial charge in [0.2, 0.25) is 0 Å². The van der Waals surface area contributed by atoms with Gasteiger partial charge in [0.05, 0.1) is 9.95 Å². The summed E-state index contributed by atoms with van der Waals surface area (Å²) in [5, 5.41) is 10.3. The third-order valence-corrected chi connectivity index (χ3v) is 4.37. The summed E-state index contributed by atoms with van der Waals surface area (Å²) < 4.78 is 11.5. The van der Waals surface area contributed by atoms with Crippen LogP contribution < -0.4 is 9.47 Å². The minimum absolute atomic E-state index is 0.119. The number of halogens is 2. The Morgan fingerprint density at radius 2 is 1.73 bits per heavy atom. The maximum absolute atomic E-state index is 11.5. The first-order chi connectivity index (χ1) is 12.0. The molecule has 2 rings (SSSR count). The smallest absolute Gasteiger partial charge is 0.271 e. The predicted molar refractivity (Wildman–Crippen MR) is 99.7 cm³/mol. The van der Waals surface area contributed by atoms with E-state index in [1.54, 1.807) is 39.8 Å². The lowest BCUT2D eigenvalue weighted by Crippen LogP contribution is -2.35. The molecule has 0 aromatic heterocycles. The van der Waals surface area contributed by atoms with Gasteiger partial charge in [-0.2, -0.15) is 0 Å². The minimum Gasteiger partial charge on any atom is -0.478 e. The Balaban J connectivity index is 2.30. The van der Waals surface area contributed by atoms with Gasteiger partial charge in [-0.05, 0) is 68.6 Å². The first-order valence-corrected chi connectivity index (χ1v) is 8.39. The molecule has 0 aliphatic rings. The van der Waals surface area contributed by atoms with E-state index in [0.717, 1.165) is 11.1 Å². The van der Waals surface area contributed by atoms with E-state index in [2.05, 4.69) is 0 Å². The van der Waals surface area contributed by atoms with Gasteiger partial charge in [0.15, 0.2) is 5.60 Å². The standard InChI is InChI=1S/C18H17Cl2NO5/c1-10-7-13(8-11(2)16(10)26-18(3,4)17(20)22)25-15-6-5-12(21(23)24)9-14(15)19/h5-9H,1-4H3. The number of aryl methyl sites for hydroxylation is 2. The highest BCUT2D eigenvalue weighted by atomic mass is 35.5. The predicted octanol–water partition coefficient (Wildman–Crippen LogP) is 5.58. The van der Waals surface area contributed by atoms with Crippen molar-refractivity contribution in [3.05, 3.63) is 56.6 Å². The van der Waals surface area contributed by atoms with Crippen LogP contribution in [0.3, 0.4) is 0 Å². The van der Waals surface area contributed by atoms with E-state index in [-0.39, 0.29) is 10.7 Å². The van der Waals surface area contributed by atoms with E-state index in [9.17, 15) is 14.9 Å². The number of nitrogens with zero attached hydrogens (tertiary/aromatic N) is 1. The normalized spacial score (nSPS) is 11.2. The molecular weight excluding hydrogens is 381 g/mol. The van der Waals surface area contributed by atoms with Gasteiger partial charge in [-0.25, -0.2) is 0 Å². The zero-order chi connectivity index (χ0) is 19.6. The molecule has 0 radical (unpaired) electrons. The molecule has 0 unspecified atom stereocenters. The fourth-order valence-electron chi connectivity index (χ4n) is 2.24. The molecule has 2 aromatic carbocycles. The Morgan fingerprint density at radius 1 is 1.15 bits per heavy atom. The van der Waals surface area contributed by atoms with E-state index >= 15 is 0 Å². The van der Waals surface area contributed by atoms with Gasteiger partial charge in [-0.15, -0.1) is 0 Å². The summed E-state index contributed by atoms with van der Waals surface area (Å²) in [5.41, 5.74) is 0.195. The van der Waals surface area contributed by atoms with Crippen molar-refractivity contribution < 1.29 is 19.2 Å². The van der Waals surface area contributed by atoms with Crippen LogP contribution in [0, 0.1) is 24.0 Å². The maximum atomic E-state index is 11.5. The van der Waals surface area contributed by atoms with Crippen LogP contribution in [0.15, 0.2) is 30.3 Å². The number of carbonyl (C=O) groups excluding carboxylic acids is 1. The van der Waals surface area contributed by atoms with E-state index < -0.39 is 15.8 Å². The zero-order valence-corrected chi connectivity index (χ0v) is 16.1. The number of benzene rings is 2. The largest absolute Gasteiger partial charge is 0.478 e. The molecular formula is C18H17Cl2NO5. The van der Waals surface area contributed by atoms with Crippen molar-refractivity contribution in [2.75, 3.05) is 0 Å². The summed E-state index contributed by atoms with van der Waals surface area (Å²) in [7, 11) is 0. The lowest BCUT2D eigenvalue weighted by Gasteiger charge is -2.25. The molecule has 0 saturated carbocycles. The number of non-ortho nitro benzene ring substituents is 1. The lowest BCUT2D eigenvalue weighted by molar-refractivity contribution is -0.384. The number of ether oxygens (including phenoxy) is 2. The van der Waals surface area contributed by atoms with Crippen LogP contribution >= 0.6 is 23.2 Å². The second kappa shape index (κ2) is 7.51. The number of nitro benzene ring substituents is 1. The fraction of sp³-hybridized carbons (Fsp3) is 0.278. The molecule has 0 aliphatic carbocycles. The topological polar surface area (TPSA) is 78.7 Å². The van der Waals surface area contributed by atoms with Gasteiger partial charge in [0.1, 0.15) is 17.2 Å². The molecule has 0 fully saturated rings. The van der Waals surface area contributed by atoms with Crippen LogP contribution in [0.25, 0.3) is 0 Å². The average Bonchev–Trinajstić information content (AvgIpc) is 2.52. The third-order valence-electron chi connectivity index (χ3n) is 3.62. The number of nitro groups is 1. The molecule has 0 amide bonds. The third kappa shape index (κ3) is 4.45. The molecule has 8 heteroatoms. The molecule has 0 saturated heterocycles. The lowest BCUT2D eigenvalue weighted by atomic mass is 10.1. The molecule has 0 heterocycles. The zero-order valence-electron chi connectivity index (χ0n) is 14.6. The average molecular weight is 398 g/mol. The van der Waals surface area contributed by atoms with E-state index in [1.807, 2.05) is 0 Å². The molecule has 2 aromatic rings. The van der Waals surface area contributed by atoms with E-state index in [0.29, 0.717) is 17.2 Å². The van der Waals surface area contributed by atoms with Crippen LogP contribution in [-0.4, -0.2) is 15.8 Å². The van der Waals surface area contributed by atoms with Crippen molar-refractivity contribution in [3.63, 3.8) is 0 Å². The first-order valence-electron chi connectivity index (χ1n) is 7.63. The van der Waals surface area contributed by atoms with Gasteiger partial charge in [0.25, 0.3) is 10.9 Å². The highest BCUT2D eigenvalue weighted by Crippen LogP contribution is 2.36. The van der Waals surface area contributed by atoms with Crippen molar-refractivity contribution in [2.24, 2.45) is 0 Å². The Labute approximate surface area is 160 Å². The SMILES string of the molecule is Cc1cc(Oc2ccc([N+](=O)[O-])cc2Cl)cc(C)c1OC(C)(C)C(=O)Cl. The van der Waals surface area contributed by atoms with Crippen molar-refractivity contribution in [2.45, 2.75) is 33.3 Å². The number of hydrogen-bond donors (Lipinski definition) is 0. The molecule has 0 N–H and O–H groups in total. The molecule has 138 valence electrons. The van der Waals surface area contributed by atoms with Gasteiger partial charge < -0.3 is 9.47 Å². The Kier molecular flexibility index (Phi) is 5.78. The number of carbonyl (C=O) groups is 1. The van der Waals surface area contributed by atoms with Crippen LogP contribution in [-0.2, 0) is 4.79 Å². The van der Waals surface area contributed by atoms with Crippen LogP contribution in [0.1, 0.15) is 25.0 Å². The van der Waals surface area contributed by atoms with Crippen LogP contribution in [0.4, 0.5) is 5.69 Å². The van der Waals surface area contributed by atoms with Gasteiger partial charge in [0, 0.05) is 12.1 Å². The first kappa shape index (κ1) is 20.0. The molecule has 0 spiro atoms. The number of hydrogen-bond acceptors (Lipinski definition) is 5. The Bertz CT molecular complexity index is 857. The van der Waals surface area contributed by atoms with Gasteiger partial charge >= 0.3 is 0 Å². The van der Waals surface area contributed by atoms with Crippen molar-refractivity contribution in [1.29, 1.82) is 0 Å². The summed E-state index contributed by atoms with van der Waals surface area (Å²) >= 11 is 11.6. The highest BCUT2D eigenvalue weighted by molar-refractivity contribution is 6.65. The van der Waals surface area contributed by atoms with Crippen molar-refractivity contribution >= 4 is 34.1 Å². The molecule has 0 bridgehead atoms. The quantitative estimate of drug-likeness (QED) is 0.361. The molecule has 0 atom stereocenters. The molecule has 26 heavy (non-hydrogen) atoms. The van der Waals surface area contributed by atoms with Crippen molar-refractivity contribution in [3.8, 4) is 17.2 Å². The number of rotatable bonds is 6. The van der Waals surface area contributed by atoms with Crippen LogP contribution in [0.5, 0.6) is 17.2 Å². The van der Waals surface area contributed by atoms with Crippen LogP contribution in [0.2, 0.25) is 5.02 Å². The summed E-state index contributed by atoms with van der Waals surface area (Å²) in [6.07, 6.45) is 0. The van der Waals surface area contributed by atoms with Crippen molar-refractivity contribution in [1.82, 2.24) is 0 Å². The van der Waals surface area contributed by atoms with Gasteiger partial charge in [-0.3, -0.25) is 14.9 Å². The monoisotopic (exact) mass is 397 g/mol. The highest BCUT2D eigenvalue weighted by Gasteiger charge is 2.29. The second-order valence-corrected chi connectivity index (χ2v) is 7.00. The summed E-state index contributed by atoms with van der Waals surface area (Å²) in [4.78, 5) is 21.7. The fourth-order valence-corrected chi connectivity index (χ4v) is 2.49. The van der Waals surface area contributed by atoms with E-state index in [1.165, 1.54) is 18.2 Å². The second-order valence-electron chi connectivity index (χ2n) is 6.25. The minimum atomic E-state index is -1.17. The Morgan fingerprint density at radius 3 is 2.19 bits per heavy atom. The summed E-state index contributed by atoms with van der Waals surface area (Å²) in [5.74, 6) is 1.31. The molecule has 0 aliphatic heterocycles. The molecule has 6 nitrogen and oxygen atoms in total. The maximum Gasteiger partial charge on any atom is 0.271 e. The summed E-state index contributed by atoms with van der Waals surface area (Å²) in [6, 6.07) is 7.41. The van der Waals surface area contributed by atoms with Gasteiger partial charge in [-0.1, -0.05) is 11.6 Å². The Hall–Kier alpha value is -2.31. The van der Waals surface area contributed by atoms with E-state index in [4.69, 9.17) is 32.7 Å². The summed E-state index contributed by atoms with van der Waals surface area (Å²) in [6.45, 7) is 6.79.